The molecule has 0 aromatic carbocycles. The molecule has 1 atom stereocenters. The molecule has 0 amide bonds. The van der Waals surface area contributed by atoms with E-state index in [0.29, 0.717) is 5.71 Å². The number of rotatable bonds is 7. The highest BCUT2D eigenvalue weighted by Gasteiger charge is 2.12. The smallest absolute Gasteiger partial charge is 0.181 e. The van der Waals surface area contributed by atoms with E-state index in [2.05, 4.69) is 9.98 Å². The number of hydrogen-bond acceptors (Lipinski definition) is 5. The molecule has 0 heterocycles. The number of carbonyl (C=O) groups excluding carboxylic acids is 1. The lowest BCUT2D eigenvalue weighted by Crippen LogP contribution is -2.19. The minimum absolute atomic E-state index is 0.0402. The van der Waals surface area contributed by atoms with Crippen LogP contribution in [0.5, 0.6) is 0 Å². The predicted octanol–water partition coefficient (Wildman–Crippen LogP) is 1.41. The van der Waals surface area contributed by atoms with E-state index < -0.39 is 0 Å². The van der Waals surface area contributed by atoms with Gasteiger partial charge in [0.25, 0.3) is 0 Å². The van der Waals surface area contributed by atoms with Crippen LogP contribution in [0.1, 0.15) is 27.2 Å². The molecule has 0 radical (unpaired) electrons. The van der Waals surface area contributed by atoms with Crippen LogP contribution < -0.4 is 11.5 Å². The Labute approximate surface area is 108 Å². The second-order valence-corrected chi connectivity index (χ2v) is 3.93. The number of ketones is 1. The Morgan fingerprint density at radius 1 is 1.44 bits per heavy atom. The third-order valence-electron chi connectivity index (χ3n) is 2.41. The van der Waals surface area contributed by atoms with Gasteiger partial charge in [0, 0.05) is 17.8 Å². The van der Waals surface area contributed by atoms with Gasteiger partial charge in [-0.3, -0.25) is 14.8 Å². The number of allylic oxidation sites excluding steroid dienone is 3. The lowest BCUT2D eigenvalue weighted by atomic mass is 10.0. The van der Waals surface area contributed by atoms with Crippen LogP contribution in [0.25, 0.3) is 0 Å². The first kappa shape index (κ1) is 16.1. The van der Waals surface area contributed by atoms with E-state index >= 15 is 0 Å². The van der Waals surface area contributed by atoms with E-state index in [4.69, 9.17) is 11.5 Å². The molecule has 0 bridgehead atoms. The Bertz CT molecular complexity index is 380. The summed E-state index contributed by atoms with van der Waals surface area (Å²) in [6, 6.07) is 0. The molecule has 0 aliphatic carbocycles. The average molecular weight is 250 g/mol. The summed E-state index contributed by atoms with van der Waals surface area (Å²) in [5.74, 6) is -0.0941. The van der Waals surface area contributed by atoms with Gasteiger partial charge in [-0.05, 0) is 31.7 Å². The number of carbonyl (C=O) groups is 1. The molecule has 0 saturated carbocycles. The summed E-state index contributed by atoms with van der Waals surface area (Å²) >= 11 is 0. The standard InChI is InChI=1S/C13H22N4O/c1-4-10(2)13(18)12(15)8-11(3)17-9-16-7-5-6-14/h5-8,10H,4,9,14-15H2,1-3H3/t10-/m1/s1. The van der Waals surface area contributed by atoms with E-state index in [0.717, 1.165) is 6.42 Å². The lowest BCUT2D eigenvalue weighted by Gasteiger charge is -2.06. The zero-order valence-corrected chi connectivity index (χ0v) is 11.3. The van der Waals surface area contributed by atoms with Crippen molar-refractivity contribution in [3.05, 3.63) is 24.0 Å². The van der Waals surface area contributed by atoms with Crippen molar-refractivity contribution >= 4 is 17.7 Å². The third kappa shape index (κ3) is 6.62. The molecule has 0 unspecified atom stereocenters. The van der Waals surface area contributed by atoms with Crippen molar-refractivity contribution < 1.29 is 4.79 Å². The molecule has 5 heteroatoms. The van der Waals surface area contributed by atoms with E-state index in [-0.39, 0.29) is 24.1 Å². The van der Waals surface area contributed by atoms with Crippen LogP contribution in [0.15, 0.2) is 34.0 Å². The lowest BCUT2D eigenvalue weighted by molar-refractivity contribution is -0.118. The maximum atomic E-state index is 11.7. The molecule has 100 valence electrons. The monoisotopic (exact) mass is 250 g/mol. The van der Waals surface area contributed by atoms with Gasteiger partial charge in [0.1, 0.15) is 6.67 Å². The second kappa shape index (κ2) is 9.15. The highest BCUT2D eigenvalue weighted by atomic mass is 16.1. The van der Waals surface area contributed by atoms with Gasteiger partial charge in [-0.15, -0.1) is 0 Å². The van der Waals surface area contributed by atoms with Crippen LogP contribution in [0.4, 0.5) is 0 Å². The van der Waals surface area contributed by atoms with E-state index in [1.807, 2.05) is 13.8 Å². The van der Waals surface area contributed by atoms with Gasteiger partial charge in [-0.25, -0.2) is 0 Å². The summed E-state index contributed by atoms with van der Waals surface area (Å²) in [5, 5.41) is 0. The number of nitrogens with zero attached hydrogens (tertiary/aromatic N) is 2. The summed E-state index contributed by atoms with van der Waals surface area (Å²) in [7, 11) is 0. The topological polar surface area (TPSA) is 93.8 Å². The maximum Gasteiger partial charge on any atom is 0.181 e. The van der Waals surface area contributed by atoms with E-state index in [1.54, 1.807) is 25.3 Å². The quantitative estimate of drug-likeness (QED) is 0.528. The Morgan fingerprint density at radius 3 is 2.67 bits per heavy atom. The van der Waals surface area contributed by atoms with Crippen LogP contribution in [0.2, 0.25) is 0 Å². The average Bonchev–Trinajstić information content (AvgIpc) is 2.36. The molecule has 4 N–H and O–H groups in total. The minimum Gasteiger partial charge on any atom is -0.405 e. The predicted molar refractivity (Wildman–Crippen MR) is 76.5 cm³/mol. The Morgan fingerprint density at radius 2 is 2.11 bits per heavy atom. The molecule has 0 saturated heterocycles. The molecule has 18 heavy (non-hydrogen) atoms. The van der Waals surface area contributed by atoms with Gasteiger partial charge in [0.2, 0.25) is 0 Å². The summed E-state index contributed by atoms with van der Waals surface area (Å²) < 4.78 is 0. The van der Waals surface area contributed by atoms with Crippen LogP contribution in [-0.2, 0) is 4.79 Å². The van der Waals surface area contributed by atoms with Crippen molar-refractivity contribution in [2.45, 2.75) is 27.2 Å². The summed E-state index contributed by atoms with van der Waals surface area (Å²) in [6.07, 6.45) is 6.93. The number of nitrogens with two attached hydrogens (primary N) is 2. The van der Waals surface area contributed by atoms with Gasteiger partial charge < -0.3 is 11.5 Å². The SMILES string of the molecule is CC[C@@H](C)C(=O)C(N)=CC(C)=NCN=CC=CN. The fraction of sp³-hybridized carbons (Fsp3) is 0.462. The zero-order chi connectivity index (χ0) is 14.0. The zero-order valence-electron chi connectivity index (χ0n) is 11.3. The van der Waals surface area contributed by atoms with Gasteiger partial charge in [0.15, 0.2) is 5.78 Å². The molecular formula is C13H22N4O. The third-order valence-corrected chi connectivity index (χ3v) is 2.41. The largest absolute Gasteiger partial charge is 0.405 e. The highest BCUT2D eigenvalue weighted by Crippen LogP contribution is 2.06. The van der Waals surface area contributed by atoms with Crippen LogP contribution in [0.3, 0.4) is 0 Å². The summed E-state index contributed by atoms with van der Waals surface area (Å²) in [4.78, 5) is 19.8. The second-order valence-electron chi connectivity index (χ2n) is 3.93. The molecule has 0 fully saturated rings. The van der Waals surface area contributed by atoms with Crippen molar-refractivity contribution in [2.75, 3.05) is 6.67 Å². The molecule has 0 aliphatic rings. The molecule has 0 aliphatic heterocycles. The van der Waals surface area contributed by atoms with Crippen LogP contribution in [0, 0.1) is 5.92 Å². The maximum absolute atomic E-state index is 11.7. The Balaban J connectivity index is 4.47. The van der Waals surface area contributed by atoms with Gasteiger partial charge in [-0.2, -0.15) is 0 Å². The van der Waals surface area contributed by atoms with Crippen LogP contribution in [-0.4, -0.2) is 24.4 Å². The Kier molecular flexibility index (Phi) is 8.18. The van der Waals surface area contributed by atoms with E-state index in [1.165, 1.54) is 6.20 Å². The van der Waals surface area contributed by atoms with Gasteiger partial charge in [0.05, 0.1) is 5.70 Å². The number of Topliss-reactive ketones (excluding diaryl/α,β-unsaturated/α-hetero) is 1. The normalized spacial score (nSPS) is 15.5. The molecule has 0 spiro atoms. The summed E-state index contributed by atoms with van der Waals surface area (Å²) in [5.41, 5.74) is 11.8. The van der Waals surface area contributed by atoms with Crippen molar-refractivity contribution in [1.29, 1.82) is 0 Å². The molecular weight excluding hydrogens is 228 g/mol. The first-order valence-electron chi connectivity index (χ1n) is 5.92. The fourth-order valence-electron chi connectivity index (χ4n) is 1.12. The van der Waals surface area contributed by atoms with E-state index in [9.17, 15) is 4.79 Å². The fourth-order valence-corrected chi connectivity index (χ4v) is 1.12. The molecule has 0 aromatic heterocycles. The highest BCUT2D eigenvalue weighted by molar-refractivity contribution is 6.04. The van der Waals surface area contributed by atoms with Crippen molar-refractivity contribution in [3.63, 3.8) is 0 Å². The Hall–Kier alpha value is -1.91. The first-order valence-corrected chi connectivity index (χ1v) is 5.92. The van der Waals surface area contributed by atoms with Crippen LogP contribution >= 0.6 is 0 Å². The van der Waals surface area contributed by atoms with Crippen molar-refractivity contribution in [3.8, 4) is 0 Å². The first-order chi connectivity index (χ1) is 8.52. The minimum atomic E-state index is -0.0539. The van der Waals surface area contributed by atoms with Crippen molar-refractivity contribution in [2.24, 2.45) is 27.4 Å². The van der Waals surface area contributed by atoms with Gasteiger partial charge >= 0.3 is 0 Å². The summed E-state index contributed by atoms with van der Waals surface area (Å²) in [6.45, 7) is 5.89. The molecule has 0 rings (SSSR count). The molecule has 0 aromatic rings. The van der Waals surface area contributed by atoms with Crippen molar-refractivity contribution in [1.82, 2.24) is 0 Å². The number of hydrogen-bond donors (Lipinski definition) is 2. The van der Waals surface area contributed by atoms with Gasteiger partial charge in [-0.1, -0.05) is 13.8 Å². The number of aliphatic imine (C=N–C) groups is 2. The molecule has 5 nitrogen and oxygen atoms in total.